The molecule has 4 rings (SSSR count). The smallest absolute Gasteiger partial charge is 0.308 e. The summed E-state index contributed by atoms with van der Waals surface area (Å²) in [5.74, 6) is -1.39. The molecule has 3 heterocycles. The minimum atomic E-state index is -0.799. The van der Waals surface area contributed by atoms with Crippen LogP contribution >= 0.6 is 0 Å². The Bertz CT molecular complexity index is 771. The van der Waals surface area contributed by atoms with Crippen molar-refractivity contribution in [2.45, 2.75) is 37.8 Å². The lowest BCUT2D eigenvalue weighted by atomic mass is 9.89. The van der Waals surface area contributed by atoms with E-state index in [1.54, 1.807) is 11.0 Å². The van der Waals surface area contributed by atoms with E-state index in [2.05, 4.69) is 10.2 Å². The number of aliphatic carboxylic acids is 1. The molecule has 2 aromatic rings. The van der Waals surface area contributed by atoms with Crippen LogP contribution in [0.5, 0.6) is 0 Å². The fourth-order valence-corrected chi connectivity index (χ4v) is 4.08. The van der Waals surface area contributed by atoms with Crippen molar-refractivity contribution in [1.82, 2.24) is 15.1 Å². The minimum absolute atomic E-state index is 0.0397. The van der Waals surface area contributed by atoms with Gasteiger partial charge in [0, 0.05) is 24.2 Å². The average molecular weight is 325 g/mol. The Labute approximate surface area is 139 Å². The number of nitrogens with zero attached hydrogens (tertiary/aromatic N) is 2. The fourth-order valence-electron chi connectivity index (χ4n) is 4.08. The zero-order valence-corrected chi connectivity index (χ0v) is 13.2. The number of benzene rings is 1. The molecule has 2 fully saturated rings. The summed E-state index contributed by atoms with van der Waals surface area (Å²) < 4.78 is 0. The van der Waals surface area contributed by atoms with Gasteiger partial charge in [-0.15, -0.1) is 0 Å². The lowest BCUT2D eigenvalue weighted by Gasteiger charge is -2.21. The monoisotopic (exact) mass is 325 g/mol. The van der Waals surface area contributed by atoms with Gasteiger partial charge in [0.2, 0.25) is 0 Å². The topological polar surface area (TPSA) is 86.3 Å². The number of rotatable bonds is 4. The molecule has 3 atom stereocenters. The quantitative estimate of drug-likeness (QED) is 0.901. The molecule has 0 aliphatic carbocycles. The van der Waals surface area contributed by atoms with Gasteiger partial charge < -0.3 is 10.0 Å². The second-order valence-corrected chi connectivity index (χ2v) is 6.63. The number of carboxylic acid groups (broad SMARTS) is 1. The van der Waals surface area contributed by atoms with Gasteiger partial charge in [0.1, 0.15) is 5.69 Å². The number of aromatic amines is 1. The molecular formula is C18H19N3O3. The molecule has 1 amide bonds. The second kappa shape index (κ2) is 5.78. The SMILES string of the molecule is O=C(O)[C@@H]1C[C@H]2CC[C@@H]1N2C(=O)c1cc(Cc2ccccc2)[nH]n1. The molecule has 2 bridgehead atoms. The van der Waals surface area contributed by atoms with Gasteiger partial charge in [-0.25, -0.2) is 0 Å². The molecule has 2 aliphatic rings. The maximum absolute atomic E-state index is 12.8. The summed E-state index contributed by atoms with van der Waals surface area (Å²) in [5.41, 5.74) is 2.40. The van der Waals surface area contributed by atoms with Crippen LogP contribution < -0.4 is 0 Å². The predicted octanol–water partition coefficient (Wildman–Crippen LogP) is 2.08. The first kappa shape index (κ1) is 14.9. The van der Waals surface area contributed by atoms with Gasteiger partial charge in [-0.3, -0.25) is 14.7 Å². The summed E-state index contributed by atoms with van der Waals surface area (Å²) in [6.07, 6.45) is 2.91. The Morgan fingerprint density at radius 3 is 2.75 bits per heavy atom. The third-order valence-electron chi connectivity index (χ3n) is 5.18. The maximum Gasteiger partial charge on any atom is 0.308 e. The van der Waals surface area contributed by atoms with Gasteiger partial charge in [0.05, 0.1) is 5.92 Å². The zero-order chi connectivity index (χ0) is 16.7. The van der Waals surface area contributed by atoms with E-state index in [9.17, 15) is 14.7 Å². The molecule has 2 N–H and O–H groups in total. The molecule has 2 saturated heterocycles. The fraction of sp³-hybridized carbons (Fsp3) is 0.389. The van der Waals surface area contributed by atoms with E-state index >= 15 is 0 Å². The number of hydrogen-bond donors (Lipinski definition) is 2. The first-order valence-electron chi connectivity index (χ1n) is 8.27. The van der Waals surface area contributed by atoms with Crippen LogP contribution in [0.4, 0.5) is 0 Å². The number of aromatic nitrogens is 2. The third kappa shape index (κ3) is 2.48. The van der Waals surface area contributed by atoms with Crippen molar-refractivity contribution >= 4 is 11.9 Å². The number of hydrogen-bond acceptors (Lipinski definition) is 3. The van der Waals surface area contributed by atoms with E-state index in [1.165, 1.54) is 0 Å². The number of carbonyl (C=O) groups is 2. The Balaban J connectivity index is 1.51. The molecule has 0 spiro atoms. The molecule has 1 aromatic heterocycles. The molecule has 2 aliphatic heterocycles. The lowest BCUT2D eigenvalue weighted by Crippen LogP contribution is -2.38. The highest BCUT2D eigenvalue weighted by Crippen LogP contribution is 2.42. The maximum atomic E-state index is 12.8. The number of H-pyrrole nitrogens is 1. The first-order chi connectivity index (χ1) is 11.6. The Morgan fingerprint density at radius 1 is 1.25 bits per heavy atom. The Kier molecular flexibility index (Phi) is 3.59. The molecule has 0 unspecified atom stereocenters. The minimum Gasteiger partial charge on any atom is -0.481 e. The molecule has 0 radical (unpaired) electrons. The van der Waals surface area contributed by atoms with E-state index in [4.69, 9.17) is 0 Å². The second-order valence-electron chi connectivity index (χ2n) is 6.63. The van der Waals surface area contributed by atoms with Gasteiger partial charge in [-0.1, -0.05) is 30.3 Å². The van der Waals surface area contributed by atoms with Gasteiger partial charge in [0.15, 0.2) is 0 Å². The van der Waals surface area contributed by atoms with Crippen LogP contribution in [0.2, 0.25) is 0 Å². The molecule has 24 heavy (non-hydrogen) atoms. The van der Waals surface area contributed by atoms with Crippen molar-refractivity contribution in [2.24, 2.45) is 5.92 Å². The van der Waals surface area contributed by atoms with Crippen LogP contribution in [-0.2, 0) is 11.2 Å². The molecule has 124 valence electrons. The number of fused-ring (bicyclic) bond motifs is 2. The van der Waals surface area contributed by atoms with Crippen molar-refractivity contribution in [1.29, 1.82) is 0 Å². The van der Waals surface area contributed by atoms with E-state index < -0.39 is 11.9 Å². The summed E-state index contributed by atoms with van der Waals surface area (Å²) in [6, 6.07) is 11.6. The largest absolute Gasteiger partial charge is 0.481 e. The average Bonchev–Trinajstić information content (AvgIpc) is 3.29. The van der Waals surface area contributed by atoms with Crippen LogP contribution in [0.15, 0.2) is 36.4 Å². The van der Waals surface area contributed by atoms with E-state index in [0.29, 0.717) is 18.5 Å². The van der Waals surface area contributed by atoms with Gasteiger partial charge in [-0.05, 0) is 30.9 Å². The van der Waals surface area contributed by atoms with Crippen LogP contribution in [0, 0.1) is 5.92 Å². The van der Waals surface area contributed by atoms with Crippen molar-refractivity contribution < 1.29 is 14.7 Å². The number of carbonyl (C=O) groups excluding carboxylic acids is 1. The van der Waals surface area contributed by atoms with Crippen LogP contribution in [0.25, 0.3) is 0 Å². The summed E-state index contributed by atoms with van der Waals surface area (Å²) in [7, 11) is 0. The van der Waals surface area contributed by atoms with E-state index in [1.807, 2.05) is 30.3 Å². The molecule has 6 heteroatoms. The highest BCUT2D eigenvalue weighted by Gasteiger charge is 2.51. The van der Waals surface area contributed by atoms with Gasteiger partial charge in [0.25, 0.3) is 5.91 Å². The molecular weight excluding hydrogens is 306 g/mol. The van der Waals surface area contributed by atoms with Gasteiger partial charge in [-0.2, -0.15) is 5.10 Å². The highest BCUT2D eigenvalue weighted by atomic mass is 16.4. The van der Waals surface area contributed by atoms with Crippen LogP contribution in [0.3, 0.4) is 0 Å². The summed E-state index contributed by atoms with van der Waals surface area (Å²) in [4.78, 5) is 25.9. The van der Waals surface area contributed by atoms with Crippen LogP contribution in [-0.4, -0.2) is 44.2 Å². The van der Waals surface area contributed by atoms with Crippen molar-refractivity contribution in [2.75, 3.05) is 0 Å². The summed E-state index contributed by atoms with van der Waals surface area (Å²) in [5, 5.41) is 16.4. The lowest BCUT2D eigenvalue weighted by molar-refractivity contribution is -0.142. The number of nitrogens with one attached hydrogen (secondary N) is 1. The van der Waals surface area contributed by atoms with E-state index in [-0.39, 0.29) is 18.0 Å². The first-order valence-corrected chi connectivity index (χ1v) is 8.27. The van der Waals surface area contributed by atoms with Crippen molar-refractivity contribution in [3.63, 3.8) is 0 Å². The number of carboxylic acids is 1. The van der Waals surface area contributed by atoms with E-state index in [0.717, 1.165) is 24.1 Å². The Hall–Kier alpha value is -2.63. The summed E-state index contributed by atoms with van der Waals surface area (Å²) in [6.45, 7) is 0. The van der Waals surface area contributed by atoms with Crippen molar-refractivity contribution in [3.05, 3.63) is 53.3 Å². The van der Waals surface area contributed by atoms with Gasteiger partial charge >= 0.3 is 5.97 Å². The standard InChI is InChI=1S/C18H19N3O3/c22-17(21-13-6-7-16(21)14(10-13)18(23)24)15-9-12(19-20-15)8-11-4-2-1-3-5-11/h1-5,9,13-14,16H,6-8,10H2,(H,19,20)(H,23,24)/t13-,14-,16+/m1/s1. The molecule has 1 aromatic carbocycles. The summed E-state index contributed by atoms with van der Waals surface area (Å²) >= 11 is 0. The predicted molar refractivity (Wildman–Crippen MR) is 86.6 cm³/mol. The highest BCUT2D eigenvalue weighted by molar-refractivity contribution is 5.94. The third-order valence-corrected chi connectivity index (χ3v) is 5.18. The molecule has 6 nitrogen and oxygen atoms in total. The van der Waals surface area contributed by atoms with Crippen LogP contribution in [0.1, 0.15) is 41.0 Å². The van der Waals surface area contributed by atoms with Crippen molar-refractivity contribution in [3.8, 4) is 0 Å². The Morgan fingerprint density at radius 2 is 2.04 bits per heavy atom. The normalized spacial score (nSPS) is 25.2. The molecule has 0 saturated carbocycles. The number of amides is 1. The zero-order valence-electron chi connectivity index (χ0n) is 13.2.